The van der Waals surface area contributed by atoms with Gasteiger partial charge in [-0.15, -0.1) is 0 Å². The van der Waals surface area contributed by atoms with Crippen LogP contribution in [0.4, 0.5) is 10.5 Å². The van der Waals surface area contributed by atoms with Crippen LogP contribution < -0.4 is 10.6 Å². The van der Waals surface area contributed by atoms with E-state index in [9.17, 15) is 4.79 Å². The van der Waals surface area contributed by atoms with Crippen LogP contribution in [0, 0.1) is 6.92 Å². The van der Waals surface area contributed by atoms with Gasteiger partial charge in [-0.05, 0) is 70.9 Å². The average molecular weight is 359 g/mol. The molecule has 114 valence electrons. The highest BCUT2D eigenvalue weighted by Gasteiger charge is 2.21. The Morgan fingerprint density at radius 3 is 2.86 bits per heavy atom. The van der Waals surface area contributed by atoms with Gasteiger partial charge in [0.05, 0.1) is 11.7 Å². The minimum absolute atomic E-state index is 0.0918. The number of carbonyl (C=O) groups excluding carboxylic acids is 1. The second-order valence-electron chi connectivity index (χ2n) is 5.73. The van der Waals surface area contributed by atoms with Crippen LogP contribution in [0.15, 0.2) is 46.9 Å². The average Bonchev–Trinajstić information content (AvgIpc) is 2.50. The second kappa shape index (κ2) is 6.53. The van der Waals surface area contributed by atoms with Crippen molar-refractivity contribution in [2.24, 2.45) is 0 Å². The number of hydrogen-bond donors (Lipinski definition) is 2. The Labute approximate surface area is 139 Å². The molecule has 0 aliphatic heterocycles. The number of nitrogens with one attached hydrogen (secondary N) is 2. The maximum absolute atomic E-state index is 12.3. The van der Waals surface area contributed by atoms with Gasteiger partial charge >= 0.3 is 6.03 Å². The summed E-state index contributed by atoms with van der Waals surface area (Å²) in [6.45, 7) is 2.02. The molecule has 0 heterocycles. The molecule has 2 N–H and O–H groups in total. The molecule has 2 aromatic rings. The van der Waals surface area contributed by atoms with Gasteiger partial charge in [0, 0.05) is 4.47 Å². The van der Waals surface area contributed by atoms with Crippen molar-refractivity contribution in [3.63, 3.8) is 0 Å². The zero-order valence-corrected chi connectivity index (χ0v) is 14.1. The van der Waals surface area contributed by atoms with E-state index < -0.39 is 0 Å². The van der Waals surface area contributed by atoms with E-state index in [0.29, 0.717) is 0 Å². The molecule has 1 atom stereocenters. The van der Waals surface area contributed by atoms with Crippen LogP contribution in [0.5, 0.6) is 0 Å². The molecule has 0 aromatic heterocycles. The Morgan fingerprint density at radius 2 is 2.05 bits per heavy atom. The maximum Gasteiger partial charge on any atom is 0.319 e. The summed E-state index contributed by atoms with van der Waals surface area (Å²) in [5.41, 5.74) is 4.52. The standard InChI is InChI=1S/C18H19BrN2O/c1-12-9-10-17(15(19)11-12)21-18(22)20-16-8-4-6-13-5-2-3-7-14(13)16/h2-3,5,7,9-11,16H,4,6,8H2,1H3,(H2,20,21,22). The quantitative estimate of drug-likeness (QED) is 0.782. The summed E-state index contributed by atoms with van der Waals surface area (Å²) in [7, 11) is 0. The number of benzene rings is 2. The van der Waals surface area contributed by atoms with E-state index in [1.54, 1.807) is 0 Å². The summed E-state index contributed by atoms with van der Waals surface area (Å²) in [5, 5.41) is 6.01. The summed E-state index contributed by atoms with van der Waals surface area (Å²) in [4.78, 5) is 12.3. The molecule has 0 radical (unpaired) electrons. The van der Waals surface area contributed by atoms with Crippen molar-refractivity contribution < 1.29 is 4.79 Å². The topological polar surface area (TPSA) is 41.1 Å². The van der Waals surface area contributed by atoms with Crippen LogP contribution in [0.3, 0.4) is 0 Å². The van der Waals surface area contributed by atoms with E-state index in [0.717, 1.165) is 35.0 Å². The second-order valence-corrected chi connectivity index (χ2v) is 6.58. The molecular formula is C18H19BrN2O. The fourth-order valence-corrected chi connectivity index (χ4v) is 3.53. The third kappa shape index (κ3) is 3.33. The zero-order chi connectivity index (χ0) is 15.5. The molecule has 1 aliphatic rings. The van der Waals surface area contributed by atoms with Crippen molar-refractivity contribution in [2.75, 3.05) is 5.32 Å². The van der Waals surface area contributed by atoms with Crippen LogP contribution in [0.2, 0.25) is 0 Å². The van der Waals surface area contributed by atoms with E-state index in [1.807, 2.05) is 31.2 Å². The molecular weight excluding hydrogens is 340 g/mol. The minimum Gasteiger partial charge on any atom is -0.331 e. The Kier molecular flexibility index (Phi) is 4.48. The summed E-state index contributed by atoms with van der Waals surface area (Å²) in [6.07, 6.45) is 3.19. The van der Waals surface area contributed by atoms with Crippen molar-refractivity contribution in [2.45, 2.75) is 32.2 Å². The SMILES string of the molecule is Cc1ccc(NC(=O)NC2CCCc3ccccc32)c(Br)c1. The summed E-state index contributed by atoms with van der Waals surface area (Å²) in [6, 6.07) is 14.2. The van der Waals surface area contributed by atoms with Crippen molar-refractivity contribution in [1.82, 2.24) is 5.32 Å². The van der Waals surface area contributed by atoms with Crippen LogP contribution in [0.1, 0.15) is 35.6 Å². The number of aryl methyl sites for hydroxylation is 2. The van der Waals surface area contributed by atoms with Crippen molar-refractivity contribution in [3.05, 3.63) is 63.6 Å². The molecule has 3 nitrogen and oxygen atoms in total. The molecule has 2 aromatic carbocycles. The number of amides is 2. The lowest BCUT2D eigenvalue weighted by atomic mass is 9.88. The molecule has 0 saturated carbocycles. The molecule has 1 unspecified atom stereocenters. The van der Waals surface area contributed by atoms with Crippen molar-refractivity contribution in [3.8, 4) is 0 Å². The van der Waals surface area contributed by atoms with Gasteiger partial charge < -0.3 is 10.6 Å². The first-order chi connectivity index (χ1) is 10.6. The van der Waals surface area contributed by atoms with Crippen LogP contribution in [0.25, 0.3) is 0 Å². The van der Waals surface area contributed by atoms with Gasteiger partial charge in [0.15, 0.2) is 0 Å². The Balaban J connectivity index is 1.70. The molecule has 0 fully saturated rings. The molecule has 0 spiro atoms. The highest BCUT2D eigenvalue weighted by molar-refractivity contribution is 9.10. The number of halogens is 1. The van der Waals surface area contributed by atoms with E-state index in [-0.39, 0.29) is 12.1 Å². The number of anilines is 1. The molecule has 1 aliphatic carbocycles. The first-order valence-corrected chi connectivity index (χ1v) is 8.34. The van der Waals surface area contributed by atoms with Gasteiger partial charge in [-0.2, -0.15) is 0 Å². The van der Waals surface area contributed by atoms with Gasteiger partial charge in [-0.25, -0.2) is 4.79 Å². The number of fused-ring (bicyclic) bond motifs is 1. The van der Waals surface area contributed by atoms with Gasteiger partial charge in [-0.3, -0.25) is 0 Å². The molecule has 3 rings (SSSR count). The predicted octanol–water partition coefficient (Wildman–Crippen LogP) is 4.96. The number of rotatable bonds is 2. The predicted molar refractivity (Wildman–Crippen MR) is 93.2 cm³/mol. The molecule has 2 amide bonds. The molecule has 22 heavy (non-hydrogen) atoms. The first kappa shape index (κ1) is 15.1. The fourth-order valence-electron chi connectivity index (χ4n) is 2.94. The Hall–Kier alpha value is -1.81. The van der Waals surface area contributed by atoms with Gasteiger partial charge in [0.25, 0.3) is 0 Å². The van der Waals surface area contributed by atoms with Gasteiger partial charge in [0.1, 0.15) is 0 Å². The lowest BCUT2D eigenvalue weighted by Crippen LogP contribution is -2.34. The third-order valence-corrected chi connectivity index (χ3v) is 4.70. The normalized spacial score (nSPS) is 16.7. The van der Waals surface area contributed by atoms with Crippen molar-refractivity contribution >= 4 is 27.6 Å². The van der Waals surface area contributed by atoms with Gasteiger partial charge in [0.2, 0.25) is 0 Å². The van der Waals surface area contributed by atoms with E-state index >= 15 is 0 Å². The lowest BCUT2D eigenvalue weighted by molar-refractivity contribution is 0.247. The van der Waals surface area contributed by atoms with E-state index in [4.69, 9.17) is 0 Å². The monoisotopic (exact) mass is 358 g/mol. The smallest absolute Gasteiger partial charge is 0.319 e. The van der Waals surface area contributed by atoms with Crippen LogP contribution in [-0.2, 0) is 6.42 Å². The van der Waals surface area contributed by atoms with Crippen LogP contribution >= 0.6 is 15.9 Å². The summed E-state index contributed by atoms with van der Waals surface area (Å²) in [5.74, 6) is 0. The highest BCUT2D eigenvalue weighted by Crippen LogP contribution is 2.29. The van der Waals surface area contributed by atoms with E-state index in [1.165, 1.54) is 11.1 Å². The lowest BCUT2D eigenvalue weighted by Gasteiger charge is -2.26. The highest BCUT2D eigenvalue weighted by atomic mass is 79.9. The largest absolute Gasteiger partial charge is 0.331 e. The molecule has 0 saturated heterocycles. The fraction of sp³-hybridized carbons (Fsp3) is 0.278. The number of hydrogen-bond acceptors (Lipinski definition) is 1. The third-order valence-electron chi connectivity index (χ3n) is 4.05. The Bertz CT molecular complexity index is 699. The number of urea groups is 1. The maximum atomic E-state index is 12.3. The van der Waals surface area contributed by atoms with Gasteiger partial charge in [-0.1, -0.05) is 30.3 Å². The Morgan fingerprint density at radius 1 is 1.23 bits per heavy atom. The van der Waals surface area contributed by atoms with E-state index in [2.05, 4.69) is 44.8 Å². The minimum atomic E-state index is -0.161. The summed E-state index contributed by atoms with van der Waals surface area (Å²) < 4.78 is 0.895. The molecule has 4 heteroatoms. The zero-order valence-electron chi connectivity index (χ0n) is 12.5. The molecule has 0 bridgehead atoms. The summed E-state index contributed by atoms with van der Waals surface area (Å²) >= 11 is 3.48. The first-order valence-electron chi connectivity index (χ1n) is 7.55. The van der Waals surface area contributed by atoms with Crippen LogP contribution in [-0.4, -0.2) is 6.03 Å². The number of carbonyl (C=O) groups is 1. The van der Waals surface area contributed by atoms with Crippen molar-refractivity contribution in [1.29, 1.82) is 0 Å².